The molecule has 14 heavy (non-hydrogen) atoms. The molecule has 0 amide bonds. The van der Waals surface area contributed by atoms with Gasteiger partial charge in [0.05, 0.1) is 6.61 Å². The molecule has 6 heteroatoms. The molecule has 0 radical (unpaired) electrons. The molecule has 1 aromatic heterocycles. The lowest BCUT2D eigenvalue weighted by atomic mass is 10.2. The highest BCUT2D eigenvalue weighted by Crippen LogP contribution is 2.21. The monoisotopic (exact) mass is 205 g/mol. The average Bonchev–Trinajstić information content (AvgIpc) is 2.46. The van der Waals surface area contributed by atoms with Gasteiger partial charge in [0, 0.05) is 6.54 Å². The first kappa shape index (κ1) is 11.0. The summed E-state index contributed by atoms with van der Waals surface area (Å²) in [4.78, 5) is 0. The van der Waals surface area contributed by atoms with Crippen molar-refractivity contribution >= 4 is 0 Å². The van der Waals surface area contributed by atoms with Crippen molar-refractivity contribution in [2.24, 2.45) is 5.92 Å². The van der Waals surface area contributed by atoms with E-state index in [1.54, 1.807) is 0 Å². The number of aliphatic hydroxyl groups is 1. The number of rotatable bonds is 4. The van der Waals surface area contributed by atoms with Crippen LogP contribution in [0.4, 0.5) is 8.78 Å². The van der Waals surface area contributed by atoms with Gasteiger partial charge in [-0.25, -0.2) is 13.5 Å². The molecule has 0 atom stereocenters. The van der Waals surface area contributed by atoms with Crippen LogP contribution in [0.15, 0.2) is 0 Å². The second kappa shape index (κ2) is 4.45. The number of hydrogen-bond acceptors (Lipinski definition) is 3. The van der Waals surface area contributed by atoms with Crippen molar-refractivity contribution in [1.82, 2.24) is 15.0 Å². The van der Waals surface area contributed by atoms with E-state index in [9.17, 15) is 8.78 Å². The van der Waals surface area contributed by atoms with Crippen molar-refractivity contribution in [1.29, 1.82) is 0 Å². The first-order valence-electron chi connectivity index (χ1n) is 4.37. The van der Waals surface area contributed by atoms with E-state index < -0.39 is 13.0 Å². The van der Waals surface area contributed by atoms with Gasteiger partial charge in [-0.05, 0) is 5.92 Å². The number of halogens is 2. The van der Waals surface area contributed by atoms with Crippen molar-refractivity contribution in [2.45, 2.75) is 33.4 Å². The Morgan fingerprint density at radius 3 is 2.50 bits per heavy atom. The Hall–Kier alpha value is -1.04. The maximum absolute atomic E-state index is 12.5. The zero-order valence-electron chi connectivity index (χ0n) is 8.11. The Morgan fingerprint density at radius 1 is 1.43 bits per heavy atom. The topological polar surface area (TPSA) is 50.9 Å². The summed E-state index contributed by atoms with van der Waals surface area (Å²) in [5, 5.41) is 15.8. The largest absolute Gasteiger partial charge is 0.390 e. The van der Waals surface area contributed by atoms with Gasteiger partial charge in [0.15, 0.2) is 0 Å². The second-order valence-corrected chi connectivity index (χ2v) is 3.46. The zero-order chi connectivity index (χ0) is 10.7. The quantitative estimate of drug-likeness (QED) is 0.807. The lowest BCUT2D eigenvalue weighted by molar-refractivity contribution is 0.133. The van der Waals surface area contributed by atoms with Crippen LogP contribution >= 0.6 is 0 Å². The van der Waals surface area contributed by atoms with Crippen LogP contribution in [0.2, 0.25) is 0 Å². The predicted octanol–water partition coefficient (Wildman–Crippen LogP) is 1.36. The molecule has 0 aliphatic carbocycles. The van der Waals surface area contributed by atoms with Crippen molar-refractivity contribution < 1.29 is 13.9 Å². The smallest absolute Gasteiger partial charge is 0.282 e. The van der Waals surface area contributed by atoms with E-state index in [0.29, 0.717) is 6.54 Å². The molecule has 0 saturated heterocycles. The first-order chi connectivity index (χ1) is 6.56. The molecule has 80 valence electrons. The maximum atomic E-state index is 12.5. The van der Waals surface area contributed by atoms with Gasteiger partial charge in [-0.1, -0.05) is 19.1 Å². The summed E-state index contributed by atoms with van der Waals surface area (Å²) in [6.45, 7) is 3.68. The van der Waals surface area contributed by atoms with E-state index in [0.717, 1.165) is 4.68 Å². The van der Waals surface area contributed by atoms with E-state index in [-0.39, 0.29) is 17.3 Å². The first-order valence-corrected chi connectivity index (χ1v) is 4.37. The highest BCUT2D eigenvalue weighted by molar-refractivity contribution is 5.10. The molecular formula is C8H13F2N3O. The molecule has 4 nitrogen and oxygen atoms in total. The molecular weight excluding hydrogens is 192 g/mol. The van der Waals surface area contributed by atoms with Crippen molar-refractivity contribution in [3.05, 3.63) is 11.4 Å². The van der Waals surface area contributed by atoms with Gasteiger partial charge in [-0.3, -0.25) is 0 Å². The lowest BCUT2D eigenvalue weighted by Gasteiger charge is -2.08. The van der Waals surface area contributed by atoms with E-state index >= 15 is 0 Å². The lowest BCUT2D eigenvalue weighted by Crippen LogP contribution is -2.11. The third kappa shape index (κ3) is 2.25. The minimum atomic E-state index is -2.65. The van der Waals surface area contributed by atoms with E-state index in [1.807, 2.05) is 13.8 Å². The van der Waals surface area contributed by atoms with E-state index in [2.05, 4.69) is 10.3 Å². The van der Waals surface area contributed by atoms with Crippen molar-refractivity contribution in [3.63, 3.8) is 0 Å². The predicted molar refractivity (Wildman–Crippen MR) is 45.7 cm³/mol. The molecule has 1 rings (SSSR count). The molecule has 1 N–H and O–H groups in total. The Morgan fingerprint density at radius 2 is 2.07 bits per heavy atom. The average molecular weight is 205 g/mol. The fourth-order valence-corrected chi connectivity index (χ4v) is 1.19. The van der Waals surface area contributed by atoms with Gasteiger partial charge in [0.25, 0.3) is 6.43 Å². The summed E-state index contributed by atoms with van der Waals surface area (Å²) in [5.41, 5.74) is -0.318. The Kier molecular flexibility index (Phi) is 3.51. The summed E-state index contributed by atoms with van der Waals surface area (Å²) in [7, 11) is 0. The highest BCUT2D eigenvalue weighted by atomic mass is 19.3. The van der Waals surface area contributed by atoms with Crippen LogP contribution in [0.25, 0.3) is 0 Å². The maximum Gasteiger partial charge on any atom is 0.282 e. The van der Waals surface area contributed by atoms with E-state index in [1.165, 1.54) is 0 Å². The standard InChI is InChI=1S/C8H13F2N3O/c1-5(2)3-13-7(8(9)10)6(4-14)11-12-13/h5,8,14H,3-4H2,1-2H3. The summed E-state index contributed by atoms with van der Waals surface area (Å²) < 4.78 is 26.2. The highest BCUT2D eigenvalue weighted by Gasteiger charge is 2.21. The number of aliphatic hydroxyl groups excluding tert-OH is 1. The molecule has 0 bridgehead atoms. The molecule has 0 saturated carbocycles. The molecule has 0 unspecified atom stereocenters. The molecule has 0 aliphatic rings. The van der Waals surface area contributed by atoms with Gasteiger partial charge < -0.3 is 5.11 Å². The van der Waals surface area contributed by atoms with Crippen LogP contribution in [0.5, 0.6) is 0 Å². The summed E-state index contributed by atoms with van der Waals surface area (Å²) >= 11 is 0. The molecule has 1 aromatic rings. The molecule has 0 aliphatic heterocycles. The fraction of sp³-hybridized carbons (Fsp3) is 0.750. The van der Waals surface area contributed by atoms with Gasteiger partial charge >= 0.3 is 0 Å². The van der Waals surface area contributed by atoms with Crippen LogP contribution in [-0.2, 0) is 13.2 Å². The third-order valence-corrected chi connectivity index (χ3v) is 1.74. The van der Waals surface area contributed by atoms with Crippen LogP contribution < -0.4 is 0 Å². The van der Waals surface area contributed by atoms with Gasteiger partial charge in [0.2, 0.25) is 0 Å². The molecule has 1 heterocycles. The molecule has 0 fully saturated rings. The number of aromatic nitrogens is 3. The Labute approximate surface area is 80.5 Å². The zero-order valence-corrected chi connectivity index (χ0v) is 8.11. The van der Waals surface area contributed by atoms with Crippen LogP contribution in [0, 0.1) is 5.92 Å². The second-order valence-electron chi connectivity index (χ2n) is 3.46. The minimum Gasteiger partial charge on any atom is -0.390 e. The van der Waals surface area contributed by atoms with E-state index in [4.69, 9.17) is 5.11 Å². The van der Waals surface area contributed by atoms with Gasteiger partial charge in [0.1, 0.15) is 11.4 Å². The summed E-state index contributed by atoms with van der Waals surface area (Å²) in [6.07, 6.45) is -2.65. The third-order valence-electron chi connectivity index (χ3n) is 1.74. The van der Waals surface area contributed by atoms with Crippen LogP contribution in [-0.4, -0.2) is 20.1 Å². The summed E-state index contributed by atoms with van der Waals surface area (Å²) in [6, 6.07) is 0. The molecule has 0 aromatic carbocycles. The van der Waals surface area contributed by atoms with Crippen LogP contribution in [0.3, 0.4) is 0 Å². The fourth-order valence-electron chi connectivity index (χ4n) is 1.19. The summed E-state index contributed by atoms with van der Waals surface area (Å²) in [5.74, 6) is 0.209. The van der Waals surface area contributed by atoms with Crippen molar-refractivity contribution in [3.8, 4) is 0 Å². The van der Waals surface area contributed by atoms with Gasteiger partial charge in [-0.15, -0.1) is 5.10 Å². The van der Waals surface area contributed by atoms with Crippen LogP contribution in [0.1, 0.15) is 31.7 Å². The number of hydrogen-bond donors (Lipinski definition) is 1. The Balaban J connectivity index is 2.98. The molecule has 0 spiro atoms. The van der Waals surface area contributed by atoms with Crippen molar-refractivity contribution in [2.75, 3.05) is 0 Å². The normalized spacial score (nSPS) is 11.6. The SMILES string of the molecule is CC(C)Cn1nnc(CO)c1C(F)F. The number of alkyl halides is 2. The number of nitrogens with zero attached hydrogens (tertiary/aromatic N) is 3. The minimum absolute atomic E-state index is 0.0411. The Bertz CT molecular complexity index is 299. The van der Waals surface area contributed by atoms with Gasteiger partial charge in [-0.2, -0.15) is 0 Å².